The van der Waals surface area contributed by atoms with Gasteiger partial charge in [0, 0.05) is 41.4 Å². The molecule has 4 heterocycles. The molecule has 2 unspecified atom stereocenters. The van der Waals surface area contributed by atoms with Crippen LogP contribution in [0, 0.1) is 6.92 Å². The topological polar surface area (TPSA) is 114 Å². The van der Waals surface area contributed by atoms with Gasteiger partial charge in [0.2, 0.25) is 5.89 Å². The monoisotopic (exact) mass is 482 g/mol. The maximum atomic E-state index is 11.7. The van der Waals surface area contributed by atoms with Crippen LogP contribution < -0.4 is 10.2 Å². The smallest absolute Gasteiger partial charge is 0.229 e. The third kappa shape index (κ3) is 4.26. The van der Waals surface area contributed by atoms with Crippen molar-refractivity contribution in [1.82, 2.24) is 20.1 Å². The van der Waals surface area contributed by atoms with Gasteiger partial charge in [-0.3, -0.25) is 0 Å². The number of benzene rings is 1. The zero-order valence-corrected chi connectivity index (χ0v) is 20.7. The summed E-state index contributed by atoms with van der Waals surface area (Å²) in [6.45, 7) is 6.18. The van der Waals surface area contributed by atoms with Crippen molar-refractivity contribution in [1.29, 1.82) is 0 Å². The maximum absolute atomic E-state index is 11.7. The molecule has 2 saturated heterocycles. The number of sulfone groups is 1. The second-order valence-corrected chi connectivity index (χ2v) is 11.7. The minimum Gasteiger partial charge on any atom is -0.350 e. The zero-order chi connectivity index (χ0) is 24.0. The normalized spacial score (nSPS) is 22.4. The SMILES string of the molecule is Cc1c(Nc2ccc(S(C)(=O)=O)cc2)ncnc1N1C2CCC1CC(c1nc(C(C)C)no1)C2. The van der Waals surface area contributed by atoms with E-state index in [1.165, 1.54) is 6.26 Å². The van der Waals surface area contributed by atoms with E-state index >= 15 is 0 Å². The van der Waals surface area contributed by atoms with Gasteiger partial charge in [0.05, 0.1) is 4.90 Å². The van der Waals surface area contributed by atoms with Crippen LogP contribution in [-0.4, -0.2) is 46.9 Å². The number of aromatic nitrogens is 4. The minimum absolute atomic E-state index is 0.256. The molecule has 0 amide bonds. The molecule has 9 nitrogen and oxygen atoms in total. The molecule has 0 aliphatic carbocycles. The van der Waals surface area contributed by atoms with Gasteiger partial charge in [0.25, 0.3) is 0 Å². The van der Waals surface area contributed by atoms with E-state index in [0.29, 0.717) is 17.0 Å². The summed E-state index contributed by atoms with van der Waals surface area (Å²) in [5, 5.41) is 7.48. The van der Waals surface area contributed by atoms with Crippen molar-refractivity contribution >= 4 is 27.2 Å². The quantitative estimate of drug-likeness (QED) is 0.547. The van der Waals surface area contributed by atoms with Gasteiger partial charge < -0.3 is 14.7 Å². The van der Waals surface area contributed by atoms with Crippen molar-refractivity contribution in [3.8, 4) is 0 Å². The van der Waals surface area contributed by atoms with Crippen molar-refractivity contribution in [3.63, 3.8) is 0 Å². The predicted octanol–water partition coefficient (Wildman–Crippen LogP) is 4.35. The highest BCUT2D eigenvalue weighted by molar-refractivity contribution is 7.90. The number of piperidine rings is 1. The molecule has 1 aromatic carbocycles. The van der Waals surface area contributed by atoms with Gasteiger partial charge >= 0.3 is 0 Å². The minimum atomic E-state index is -3.23. The van der Waals surface area contributed by atoms with Crippen LogP contribution in [0.2, 0.25) is 0 Å². The van der Waals surface area contributed by atoms with Crippen LogP contribution in [-0.2, 0) is 9.84 Å². The number of hydrogen-bond acceptors (Lipinski definition) is 9. The number of rotatable bonds is 6. The molecule has 1 N–H and O–H groups in total. The fourth-order valence-electron chi connectivity index (χ4n) is 5.12. The molecular formula is C24H30N6O3S. The first-order chi connectivity index (χ1) is 16.2. The first-order valence-corrected chi connectivity index (χ1v) is 13.6. The lowest BCUT2D eigenvalue weighted by Crippen LogP contribution is -2.43. The highest BCUT2D eigenvalue weighted by Crippen LogP contribution is 2.45. The van der Waals surface area contributed by atoms with E-state index in [1.54, 1.807) is 30.6 Å². The average Bonchev–Trinajstić information content (AvgIpc) is 3.38. The van der Waals surface area contributed by atoms with E-state index in [9.17, 15) is 8.42 Å². The van der Waals surface area contributed by atoms with Gasteiger partial charge in [0.1, 0.15) is 18.0 Å². The molecule has 2 atom stereocenters. The van der Waals surface area contributed by atoms with Gasteiger partial charge in [-0.15, -0.1) is 0 Å². The molecule has 0 radical (unpaired) electrons. The summed E-state index contributed by atoms with van der Waals surface area (Å²) in [5.41, 5.74) is 1.75. The summed E-state index contributed by atoms with van der Waals surface area (Å²) in [6, 6.07) is 7.44. The van der Waals surface area contributed by atoms with E-state index < -0.39 is 9.84 Å². The van der Waals surface area contributed by atoms with Crippen molar-refractivity contribution in [2.24, 2.45) is 0 Å². The van der Waals surface area contributed by atoms with E-state index in [-0.39, 0.29) is 11.8 Å². The summed E-state index contributed by atoms with van der Waals surface area (Å²) in [7, 11) is -3.23. The van der Waals surface area contributed by atoms with Gasteiger partial charge in [-0.25, -0.2) is 18.4 Å². The van der Waals surface area contributed by atoms with Gasteiger partial charge in [-0.05, 0) is 56.9 Å². The standard InChI is InChI=1S/C24H30N6O3S/c1-14(2)21-28-24(33-29-21)16-11-18-7-8-19(12-16)30(18)23-15(3)22(25-13-26-23)27-17-5-9-20(10-6-17)34(4,31)32/h5-6,9-10,13-14,16,18-19H,7-8,11-12H2,1-4H3,(H,25,26,27). The Kier molecular flexibility index (Phi) is 5.79. The van der Waals surface area contributed by atoms with E-state index in [0.717, 1.165) is 60.3 Å². The molecule has 5 rings (SSSR count). The molecule has 2 aliphatic rings. The largest absolute Gasteiger partial charge is 0.350 e. The van der Waals surface area contributed by atoms with Gasteiger partial charge in [-0.2, -0.15) is 4.98 Å². The lowest BCUT2D eigenvalue weighted by Gasteiger charge is -2.39. The second kappa shape index (κ2) is 8.65. The van der Waals surface area contributed by atoms with E-state index in [2.05, 4.69) is 44.2 Å². The molecule has 34 heavy (non-hydrogen) atoms. The third-order valence-corrected chi connectivity index (χ3v) is 8.03. The fourth-order valence-corrected chi connectivity index (χ4v) is 5.75. The summed E-state index contributed by atoms with van der Waals surface area (Å²) < 4.78 is 29.1. The van der Waals surface area contributed by atoms with Crippen molar-refractivity contribution < 1.29 is 12.9 Å². The maximum Gasteiger partial charge on any atom is 0.229 e. The van der Waals surface area contributed by atoms with Crippen LogP contribution >= 0.6 is 0 Å². The Morgan fingerprint density at radius 3 is 2.35 bits per heavy atom. The molecule has 180 valence electrons. The molecule has 3 aromatic rings. The van der Waals surface area contributed by atoms with Crippen molar-refractivity contribution in [3.05, 3.63) is 47.9 Å². The Labute approximate surface area is 199 Å². The number of anilines is 3. The summed E-state index contributed by atoms with van der Waals surface area (Å²) in [5.74, 6) is 3.74. The number of fused-ring (bicyclic) bond motifs is 2. The van der Waals surface area contributed by atoms with Gasteiger partial charge in [-0.1, -0.05) is 19.0 Å². The van der Waals surface area contributed by atoms with Crippen LogP contribution in [0.4, 0.5) is 17.3 Å². The summed E-state index contributed by atoms with van der Waals surface area (Å²) >= 11 is 0. The number of nitrogens with zero attached hydrogens (tertiary/aromatic N) is 5. The summed E-state index contributed by atoms with van der Waals surface area (Å²) in [6.07, 6.45) is 6.96. The number of nitrogens with one attached hydrogen (secondary N) is 1. The van der Waals surface area contributed by atoms with Crippen LogP contribution in [0.3, 0.4) is 0 Å². The van der Waals surface area contributed by atoms with E-state index in [4.69, 9.17) is 4.52 Å². The average molecular weight is 483 g/mol. The second-order valence-electron chi connectivity index (χ2n) is 9.70. The molecule has 2 aliphatic heterocycles. The zero-order valence-electron chi connectivity index (χ0n) is 19.9. The summed E-state index contributed by atoms with van der Waals surface area (Å²) in [4.78, 5) is 16.5. The highest BCUT2D eigenvalue weighted by atomic mass is 32.2. The predicted molar refractivity (Wildman–Crippen MR) is 129 cm³/mol. The first kappa shape index (κ1) is 22.8. The van der Waals surface area contributed by atoms with Crippen LogP contribution in [0.25, 0.3) is 0 Å². The molecule has 2 fully saturated rings. The van der Waals surface area contributed by atoms with Crippen LogP contribution in [0.5, 0.6) is 0 Å². The molecule has 0 saturated carbocycles. The Morgan fingerprint density at radius 2 is 1.76 bits per heavy atom. The molecule has 2 bridgehead atoms. The highest BCUT2D eigenvalue weighted by Gasteiger charge is 2.44. The van der Waals surface area contributed by atoms with Crippen molar-refractivity contribution in [2.75, 3.05) is 16.5 Å². The van der Waals surface area contributed by atoms with Crippen molar-refractivity contribution in [2.45, 2.75) is 75.3 Å². The number of hydrogen-bond donors (Lipinski definition) is 1. The molecule has 2 aromatic heterocycles. The Balaban J connectivity index is 1.35. The lowest BCUT2D eigenvalue weighted by atomic mass is 9.90. The first-order valence-electron chi connectivity index (χ1n) is 11.7. The van der Waals surface area contributed by atoms with Crippen LogP contribution in [0.1, 0.15) is 68.6 Å². The lowest BCUT2D eigenvalue weighted by molar-refractivity contribution is 0.304. The Morgan fingerprint density at radius 1 is 1.09 bits per heavy atom. The Hall–Kier alpha value is -3.01. The third-order valence-electron chi connectivity index (χ3n) is 6.90. The van der Waals surface area contributed by atoms with Gasteiger partial charge in [0.15, 0.2) is 15.7 Å². The molecule has 0 spiro atoms. The van der Waals surface area contributed by atoms with Crippen LogP contribution in [0.15, 0.2) is 40.0 Å². The fraction of sp³-hybridized carbons (Fsp3) is 0.500. The van der Waals surface area contributed by atoms with E-state index in [1.807, 2.05) is 6.92 Å². The Bertz CT molecular complexity index is 1270. The molecule has 10 heteroatoms. The molecular weight excluding hydrogens is 452 g/mol.